The molecule has 8 heteroatoms. The summed E-state index contributed by atoms with van der Waals surface area (Å²) < 4.78 is 7.95. The van der Waals surface area contributed by atoms with Crippen molar-refractivity contribution in [3.05, 3.63) is 36.4 Å². The number of para-hydroxylation sites is 1. The Morgan fingerprint density at radius 2 is 1.91 bits per heavy atom. The predicted molar refractivity (Wildman–Crippen MR) is 131 cm³/mol. The molecule has 0 amide bonds. The molecule has 0 aliphatic carbocycles. The Morgan fingerprint density at radius 1 is 1.16 bits per heavy atom. The number of nitrogens with one attached hydrogen (secondary N) is 1. The van der Waals surface area contributed by atoms with E-state index in [1.165, 1.54) is 50.5 Å². The van der Waals surface area contributed by atoms with Gasteiger partial charge in [0.05, 0.1) is 0 Å². The number of aryl methyl sites for hydroxylation is 1. The topological polar surface area (TPSA) is 97.0 Å². The Labute approximate surface area is 196 Å². The zero-order valence-electron chi connectivity index (χ0n) is 18.9. The van der Waals surface area contributed by atoms with Crippen molar-refractivity contribution >= 4 is 29.3 Å². The number of aromatic nitrogens is 3. The van der Waals surface area contributed by atoms with Gasteiger partial charge in [-0.3, -0.25) is 5.41 Å². The maximum Gasteiger partial charge on any atom is 0.249 e. The zero-order chi connectivity index (χ0) is 21.6. The van der Waals surface area contributed by atoms with Crippen LogP contribution in [-0.2, 0) is 6.54 Å². The highest BCUT2D eigenvalue weighted by Gasteiger charge is 2.32. The minimum Gasteiger partial charge on any atom is -0.370 e. The van der Waals surface area contributed by atoms with Crippen molar-refractivity contribution in [3.8, 4) is 11.4 Å². The molecular formula is C24H35ClN6O. The van der Waals surface area contributed by atoms with E-state index >= 15 is 0 Å². The van der Waals surface area contributed by atoms with Gasteiger partial charge >= 0.3 is 0 Å². The van der Waals surface area contributed by atoms with Gasteiger partial charge in [-0.1, -0.05) is 68.8 Å². The zero-order valence-corrected chi connectivity index (χ0v) is 19.7. The van der Waals surface area contributed by atoms with Crippen LogP contribution in [0.15, 0.2) is 35.0 Å². The molecule has 32 heavy (non-hydrogen) atoms. The van der Waals surface area contributed by atoms with Crippen LogP contribution in [-0.4, -0.2) is 32.1 Å². The van der Waals surface area contributed by atoms with Gasteiger partial charge in [0.15, 0.2) is 5.96 Å². The molecule has 0 saturated carbocycles. The minimum absolute atomic E-state index is 0. The summed E-state index contributed by atoms with van der Waals surface area (Å²) in [7, 11) is 0. The van der Waals surface area contributed by atoms with Crippen molar-refractivity contribution in [2.45, 2.75) is 77.3 Å². The number of hydrogen-bond acceptors (Lipinski definition) is 4. The van der Waals surface area contributed by atoms with Crippen LogP contribution >= 0.6 is 12.4 Å². The van der Waals surface area contributed by atoms with E-state index in [0.29, 0.717) is 11.7 Å². The van der Waals surface area contributed by atoms with Crippen LogP contribution in [0, 0.1) is 5.41 Å². The summed E-state index contributed by atoms with van der Waals surface area (Å²) in [4.78, 5) is 6.55. The third kappa shape index (κ3) is 5.26. The maximum atomic E-state index is 7.79. The van der Waals surface area contributed by atoms with Crippen molar-refractivity contribution in [1.29, 1.82) is 5.41 Å². The van der Waals surface area contributed by atoms with Crippen LogP contribution in [0.2, 0.25) is 0 Å². The molecule has 1 fully saturated rings. The van der Waals surface area contributed by atoms with Crippen LogP contribution in [0.4, 0.5) is 0 Å². The normalized spacial score (nSPS) is 15.9. The summed E-state index contributed by atoms with van der Waals surface area (Å²) in [6, 6.07) is 8.33. The molecular weight excluding hydrogens is 424 g/mol. The highest BCUT2D eigenvalue weighted by molar-refractivity contribution is 5.94. The smallest absolute Gasteiger partial charge is 0.249 e. The van der Waals surface area contributed by atoms with E-state index in [2.05, 4.69) is 47.1 Å². The highest BCUT2D eigenvalue weighted by atomic mass is 35.5. The van der Waals surface area contributed by atoms with Gasteiger partial charge in [-0.25, -0.2) is 0 Å². The molecule has 0 bridgehead atoms. The summed E-state index contributed by atoms with van der Waals surface area (Å²) in [5.41, 5.74) is 7.94. The molecule has 1 aliphatic rings. The van der Waals surface area contributed by atoms with Crippen molar-refractivity contribution in [1.82, 2.24) is 19.6 Å². The lowest BCUT2D eigenvalue weighted by Crippen LogP contribution is -2.35. The average molecular weight is 459 g/mol. The summed E-state index contributed by atoms with van der Waals surface area (Å²) >= 11 is 0. The molecule has 1 aromatic carbocycles. The van der Waals surface area contributed by atoms with E-state index in [1.54, 1.807) is 0 Å². The average Bonchev–Trinajstić information content (AvgIpc) is 3.51. The molecule has 4 rings (SSSR count). The fraction of sp³-hybridized carbons (Fsp3) is 0.542. The van der Waals surface area contributed by atoms with Crippen LogP contribution in [0.25, 0.3) is 22.3 Å². The molecule has 0 spiro atoms. The summed E-state index contributed by atoms with van der Waals surface area (Å²) in [5, 5.41) is 13.2. The van der Waals surface area contributed by atoms with E-state index < -0.39 is 0 Å². The molecule has 3 N–H and O–H groups in total. The number of benzene rings is 1. The van der Waals surface area contributed by atoms with E-state index in [9.17, 15) is 0 Å². The van der Waals surface area contributed by atoms with Crippen LogP contribution in [0.3, 0.4) is 0 Å². The van der Waals surface area contributed by atoms with E-state index in [-0.39, 0.29) is 24.4 Å². The fourth-order valence-electron chi connectivity index (χ4n) is 4.64. The summed E-state index contributed by atoms with van der Waals surface area (Å²) in [5.74, 6) is 1.22. The van der Waals surface area contributed by atoms with Crippen molar-refractivity contribution in [3.63, 3.8) is 0 Å². The lowest BCUT2D eigenvalue weighted by Gasteiger charge is -2.21. The second-order valence-corrected chi connectivity index (χ2v) is 8.57. The van der Waals surface area contributed by atoms with Crippen LogP contribution in [0.1, 0.15) is 76.6 Å². The maximum absolute atomic E-state index is 7.79. The molecule has 7 nitrogen and oxygen atoms in total. The highest BCUT2D eigenvalue weighted by Crippen LogP contribution is 2.34. The Hall–Kier alpha value is -2.54. The lowest BCUT2D eigenvalue weighted by molar-refractivity contribution is 0.283. The number of likely N-dealkylation sites (tertiary alicyclic amines) is 1. The number of hydrogen-bond donors (Lipinski definition) is 2. The van der Waals surface area contributed by atoms with E-state index in [4.69, 9.17) is 20.7 Å². The van der Waals surface area contributed by atoms with Crippen molar-refractivity contribution in [2.24, 2.45) is 5.73 Å². The Bertz CT molecular complexity index is 1010. The number of rotatable bonds is 10. The Kier molecular flexibility index (Phi) is 8.56. The van der Waals surface area contributed by atoms with Crippen molar-refractivity contribution in [2.75, 3.05) is 6.54 Å². The Balaban J connectivity index is 0.00000289. The van der Waals surface area contributed by atoms with Gasteiger partial charge in [-0.2, -0.15) is 4.98 Å². The molecule has 1 aliphatic heterocycles. The molecule has 1 saturated heterocycles. The minimum atomic E-state index is -0.0974. The van der Waals surface area contributed by atoms with Gasteiger partial charge in [-0.15, -0.1) is 12.4 Å². The third-order valence-electron chi connectivity index (χ3n) is 6.32. The van der Waals surface area contributed by atoms with Gasteiger partial charge in [0.25, 0.3) is 0 Å². The summed E-state index contributed by atoms with van der Waals surface area (Å²) in [6.07, 6.45) is 13.1. The molecule has 3 aromatic rings. The number of fused-ring (bicyclic) bond motifs is 1. The fourth-order valence-corrected chi connectivity index (χ4v) is 4.64. The largest absolute Gasteiger partial charge is 0.370 e. The monoisotopic (exact) mass is 458 g/mol. The first kappa shape index (κ1) is 24.1. The number of guanidine groups is 1. The molecule has 0 radical (unpaired) electrons. The summed E-state index contributed by atoms with van der Waals surface area (Å²) in [6.45, 7) is 4.02. The lowest BCUT2D eigenvalue weighted by atomic mass is 10.1. The van der Waals surface area contributed by atoms with Gasteiger partial charge < -0.3 is 19.7 Å². The SMILES string of the molecule is CCCCCCCCCn1cc(-c2noc([C@@H]3CCCN3C(=N)N)n2)c2ccccc21.Cl. The van der Waals surface area contributed by atoms with Gasteiger partial charge in [0.1, 0.15) is 6.04 Å². The quantitative estimate of drug-likeness (QED) is 0.224. The first-order chi connectivity index (χ1) is 15.2. The van der Waals surface area contributed by atoms with Gasteiger partial charge in [-0.05, 0) is 25.3 Å². The first-order valence-corrected chi connectivity index (χ1v) is 11.7. The van der Waals surface area contributed by atoms with Crippen molar-refractivity contribution < 1.29 is 4.52 Å². The van der Waals surface area contributed by atoms with E-state index in [0.717, 1.165) is 36.9 Å². The van der Waals surface area contributed by atoms with Gasteiger partial charge in [0.2, 0.25) is 11.7 Å². The molecule has 3 heterocycles. The number of unbranched alkanes of at least 4 members (excludes halogenated alkanes) is 6. The van der Waals surface area contributed by atoms with Crippen LogP contribution in [0.5, 0.6) is 0 Å². The first-order valence-electron chi connectivity index (χ1n) is 11.7. The molecule has 0 unspecified atom stereocenters. The Morgan fingerprint density at radius 3 is 2.69 bits per heavy atom. The third-order valence-corrected chi connectivity index (χ3v) is 6.32. The van der Waals surface area contributed by atoms with E-state index in [1.807, 2.05) is 4.90 Å². The van der Waals surface area contributed by atoms with Crippen LogP contribution < -0.4 is 5.73 Å². The van der Waals surface area contributed by atoms with Gasteiger partial charge in [0, 0.05) is 35.8 Å². The standard InChI is InChI=1S/C24H34N6O.ClH/c1-2-3-4-5-6-7-10-15-29-17-19(18-12-8-9-13-20(18)29)22-27-23(31-28-22)21-14-11-16-30(21)24(25)26;/h8-9,12-13,17,21H,2-7,10-11,14-16H2,1H3,(H3,25,26);1H/t21-;/m0./s1. The number of nitrogens with two attached hydrogens (primary N) is 1. The molecule has 2 aromatic heterocycles. The number of nitrogens with zero attached hydrogens (tertiary/aromatic N) is 4. The molecule has 174 valence electrons. The number of halogens is 1. The second kappa shape index (κ2) is 11.4. The predicted octanol–water partition coefficient (Wildman–Crippen LogP) is 5.89. The second-order valence-electron chi connectivity index (χ2n) is 8.57. The molecule has 1 atom stereocenters.